The van der Waals surface area contributed by atoms with E-state index in [0.717, 1.165) is 18.8 Å². The van der Waals surface area contributed by atoms with Crippen LogP contribution in [0.3, 0.4) is 0 Å². The van der Waals surface area contributed by atoms with Gasteiger partial charge >= 0.3 is 0 Å². The van der Waals surface area contributed by atoms with E-state index in [0.29, 0.717) is 11.2 Å². The molecule has 2 fully saturated rings. The number of ketones is 1. The van der Waals surface area contributed by atoms with Crippen LogP contribution in [0.5, 0.6) is 0 Å². The lowest BCUT2D eigenvalue weighted by molar-refractivity contribution is -0.126. The van der Waals surface area contributed by atoms with Crippen molar-refractivity contribution in [3.8, 4) is 0 Å². The highest BCUT2D eigenvalue weighted by Gasteiger charge is 2.38. The lowest BCUT2D eigenvalue weighted by atomic mass is 9.63. The van der Waals surface area contributed by atoms with E-state index in [4.69, 9.17) is 0 Å². The van der Waals surface area contributed by atoms with Crippen molar-refractivity contribution in [2.24, 2.45) is 11.3 Å². The molecule has 0 heterocycles. The normalized spacial score (nSPS) is 44.1. The van der Waals surface area contributed by atoms with Gasteiger partial charge in [0.2, 0.25) is 0 Å². The van der Waals surface area contributed by atoms with Gasteiger partial charge in [-0.25, -0.2) is 0 Å². The molecule has 62 valence electrons. The molecule has 0 radical (unpaired) electrons. The Morgan fingerprint density at radius 3 is 3.09 bits per heavy atom. The molecule has 0 saturated heterocycles. The number of hydrogen-bond acceptors (Lipinski definition) is 1. The van der Waals surface area contributed by atoms with Gasteiger partial charge in [0, 0.05) is 12.8 Å². The maximum absolute atomic E-state index is 11.3. The minimum Gasteiger partial charge on any atom is -0.300 e. The van der Waals surface area contributed by atoms with Crippen LogP contribution in [-0.4, -0.2) is 5.78 Å². The molecule has 11 heavy (non-hydrogen) atoms. The molecule has 2 bridgehead atoms. The Hall–Kier alpha value is -0.330. The molecule has 2 aliphatic rings. The summed E-state index contributed by atoms with van der Waals surface area (Å²) in [5, 5.41) is 0. The summed E-state index contributed by atoms with van der Waals surface area (Å²) in [5.74, 6) is 1.26. The van der Waals surface area contributed by atoms with Crippen LogP contribution >= 0.6 is 0 Å². The monoisotopic (exact) mass is 152 g/mol. The highest BCUT2D eigenvalue weighted by atomic mass is 16.1. The Bertz CT molecular complexity index is 185. The van der Waals surface area contributed by atoms with Gasteiger partial charge in [-0.2, -0.15) is 0 Å². The Morgan fingerprint density at radius 1 is 1.55 bits per heavy atom. The first-order chi connectivity index (χ1) is 5.18. The van der Waals surface area contributed by atoms with Gasteiger partial charge in [0.1, 0.15) is 5.78 Å². The van der Waals surface area contributed by atoms with E-state index in [1.807, 2.05) is 0 Å². The fourth-order valence-corrected chi connectivity index (χ4v) is 2.92. The van der Waals surface area contributed by atoms with Crippen molar-refractivity contribution in [3.63, 3.8) is 0 Å². The quantitative estimate of drug-likeness (QED) is 0.521. The van der Waals surface area contributed by atoms with Crippen LogP contribution in [0.25, 0.3) is 0 Å². The minimum atomic E-state index is 0.401. The molecule has 0 aromatic rings. The van der Waals surface area contributed by atoms with E-state index in [2.05, 4.69) is 6.92 Å². The van der Waals surface area contributed by atoms with Crippen LogP contribution in [0.4, 0.5) is 0 Å². The molecule has 2 atom stereocenters. The predicted octanol–water partition coefficient (Wildman–Crippen LogP) is 2.55. The summed E-state index contributed by atoms with van der Waals surface area (Å²) in [6.07, 6.45) is 7.02. The van der Waals surface area contributed by atoms with Crippen molar-refractivity contribution < 1.29 is 4.79 Å². The van der Waals surface area contributed by atoms with Crippen molar-refractivity contribution >= 4 is 5.78 Å². The summed E-state index contributed by atoms with van der Waals surface area (Å²) < 4.78 is 0. The number of carbonyl (C=O) groups excluding carboxylic acids is 1. The zero-order valence-corrected chi connectivity index (χ0v) is 7.23. The summed E-state index contributed by atoms with van der Waals surface area (Å²) in [4.78, 5) is 11.3. The van der Waals surface area contributed by atoms with E-state index >= 15 is 0 Å². The highest BCUT2D eigenvalue weighted by molar-refractivity contribution is 5.80. The van der Waals surface area contributed by atoms with Crippen molar-refractivity contribution in [1.82, 2.24) is 0 Å². The van der Waals surface area contributed by atoms with Crippen LogP contribution in [0.15, 0.2) is 0 Å². The van der Waals surface area contributed by atoms with Crippen LogP contribution in [0, 0.1) is 11.3 Å². The van der Waals surface area contributed by atoms with Gasteiger partial charge < -0.3 is 0 Å². The predicted molar refractivity (Wildman–Crippen MR) is 44.3 cm³/mol. The fourth-order valence-electron chi connectivity index (χ4n) is 2.92. The van der Waals surface area contributed by atoms with E-state index in [9.17, 15) is 4.79 Å². The molecule has 2 aliphatic carbocycles. The summed E-state index contributed by atoms with van der Waals surface area (Å²) in [7, 11) is 0. The molecular weight excluding hydrogens is 136 g/mol. The van der Waals surface area contributed by atoms with Crippen molar-refractivity contribution in [2.45, 2.75) is 45.4 Å². The fraction of sp³-hybridized carbons (Fsp3) is 0.900. The van der Waals surface area contributed by atoms with Crippen LogP contribution in [-0.2, 0) is 4.79 Å². The van der Waals surface area contributed by atoms with E-state index in [1.54, 1.807) is 0 Å². The first-order valence-corrected chi connectivity index (χ1v) is 4.70. The Kier molecular flexibility index (Phi) is 1.55. The number of fused-ring (bicyclic) bond motifs is 2. The largest absolute Gasteiger partial charge is 0.300 e. The Balaban J connectivity index is 2.15. The zero-order chi connectivity index (χ0) is 7.90. The molecule has 0 N–H and O–H groups in total. The molecule has 1 nitrogen and oxygen atoms in total. The van der Waals surface area contributed by atoms with E-state index < -0.39 is 0 Å². The highest BCUT2D eigenvalue weighted by Crippen LogP contribution is 2.46. The van der Waals surface area contributed by atoms with Crippen molar-refractivity contribution in [2.75, 3.05) is 0 Å². The molecule has 0 aromatic carbocycles. The lowest BCUT2D eigenvalue weighted by Crippen LogP contribution is -2.34. The summed E-state index contributed by atoms with van der Waals surface area (Å²) in [6, 6.07) is 0. The molecule has 0 aromatic heterocycles. The zero-order valence-electron chi connectivity index (χ0n) is 7.23. The van der Waals surface area contributed by atoms with Crippen LogP contribution < -0.4 is 0 Å². The van der Waals surface area contributed by atoms with Gasteiger partial charge in [0.25, 0.3) is 0 Å². The van der Waals surface area contributed by atoms with E-state index in [-0.39, 0.29) is 0 Å². The van der Waals surface area contributed by atoms with Gasteiger partial charge in [-0.05, 0) is 30.6 Å². The minimum absolute atomic E-state index is 0.401. The van der Waals surface area contributed by atoms with Gasteiger partial charge in [-0.3, -0.25) is 4.79 Å². The number of rotatable bonds is 0. The maximum Gasteiger partial charge on any atom is 0.133 e. The van der Waals surface area contributed by atoms with E-state index in [1.165, 1.54) is 25.7 Å². The second kappa shape index (κ2) is 2.33. The SMILES string of the molecule is CC12CCCC(CC(=O)C1)C2. The summed E-state index contributed by atoms with van der Waals surface area (Å²) in [6.45, 7) is 2.29. The lowest BCUT2D eigenvalue weighted by Gasteiger charge is -2.41. The molecule has 2 unspecified atom stereocenters. The Labute approximate surface area is 68.2 Å². The maximum atomic E-state index is 11.3. The molecule has 2 saturated carbocycles. The number of carbonyl (C=O) groups is 1. The summed E-state index contributed by atoms with van der Waals surface area (Å²) >= 11 is 0. The van der Waals surface area contributed by atoms with Crippen molar-refractivity contribution in [1.29, 1.82) is 0 Å². The van der Waals surface area contributed by atoms with Gasteiger partial charge in [-0.1, -0.05) is 13.3 Å². The third kappa shape index (κ3) is 1.33. The van der Waals surface area contributed by atoms with Gasteiger partial charge in [0.15, 0.2) is 0 Å². The van der Waals surface area contributed by atoms with Crippen molar-refractivity contribution in [3.05, 3.63) is 0 Å². The molecule has 1 heteroatoms. The topological polar surface area (TPSA) is 17.1 Å². The first kappa shape index (κ1) is 7.33. The summed E-state index contributed by atoms with van der Waals surface area (Å²) in [5.41, 5.74) is 0.401. The van der Waals surface area contributed by atoms with Gasteiger partial charge in [0.05, 0.1) is 0 Å². The molecular formula is C10H16O. The average molecular weight is 152 g/mol. The second-order valence-electron chi connectivity index (χ2n) is 4.69. The molecule has 0 aliphatic heterocycles. The third-order valence-corrected chi connectivity index (χ3v) is 3.31. The molecule has 0 amide bonds. The standard InChI is InChI=1S/C10H16O/c1-10-4-2-3-8(6-10)5-9(11)7-10/h8H,2-7H2,1H3. The third-order valence-electron chi connectivity index (χ3n) is 3.31. The number of hydrogen-bond donors (Lipinski definition) is 0. The average Bonchev–Trinajstić information content (AvgIpc) is 1.82. The van der Waals surface area contributed by atoms with Crippen LogP contribution in [0.1, 0.15) is 45.4 Å². The first-order valence-electron chi connectivity index (χ1n) is 4.70. The molecule has 0 spiro atoms. The van der Waals surface area contributed by atoms with Crippen LogP contribution in [0.2, 0.25) is 0 Å². The number of Topliss-reactive ketones (excluding diaryl/α,β-unsaturated/α-hetero) is 1. The Morgan fingerprint density at radius 2 is 2.36 bits per heavy atom. The smallest absolute Gasteiger partial charge is 0.133 e. The molecule has 2 rings (SSSR count). The second-order valence-corrected chi connectivity index (χ2v) is 4.69. The van der Waals surface area contributed by atoms with Gasteiger partial charge in [-0.15, -0.1) is 0 Å².